The largest absolute Gasteiger partial charge is 0.497 e. The second kappa shape index (κ2) is 7.17. The number of aromatic nitrogens is 4. The van der Waals surface area contributed by atoms with Crippen molar-refractivity contribution in [1.82, 2.24) is 24.6 Å². The van der Waals surface area contributed by atoms with Gasteiger partial charge in [0.1, 0.15) is 11.6 Å². The lowest BCUT2D eigenvalue weighted by atomic mass is 10.1. The molecule has 2 aromatic heterocycles. The Morgan fingerprint density at radius 2 is 1.97 bits per heavy atom. The van der Waals surface area contributed by atoms with Gasteiger partial charge in [-0.15, -0.1) is 21.5 Å². The average molecular weight is 423 g/mol. The number of rotatable bonds is 3. The van der Waals surface area contributed by atoms with Crippen molar-refractivity contribution in [2.75, 3.05) is 13.7 Å². The van der Waals surface area contributed by atoms with Crippen LogP contribution < -0.4 is 4.74 Å². The van der Waals surface area contributed by atoms with Gasteiger partial charge in [-0.25, -0.2) is 9.37 Å². The second-order valence-corrected chi connectivity index (χ2v) is 8.10. The van der Waals surface area contributed by atoms with E-state index in [0.29, 0.717) is 30.3 Å². The molecule has 0 unspecified atom stereocenters. The molecule has 1 amide bonds. The third kappa shape index (κ3) is 3.02. The number of hydrogen-bond acceptors (Lipinski definition) is 6. The summed E-state index contributed by atoms with van der Waals surface area (Å²) in [5.74, 6) is 1.68. The van der Waals surface area contributed by atoms with E-state index in [2.05, 4.69) is 10.2 Å². The van der Waals surface area contributed by atoms with Crippen molar-refractivity contribution >= 4 is 27.5 Å². The molecule has 5 rings (SSSR count). The van der Waals surface area contributed by atoms with Crippen molar-refractivity contribution in [3.63, 3.8) is 0 Å². The van der Waals surface area contributed by atoms with Crippen LogP contribution in [0.25, 0.3) is 21.0 Å². The molecule has 1 aliphatic heterocycles. The first-order valence-corrected chi connectivity index (χ1v) is 10.3. The van der Waals surface area contributed by atoms with Crippen LogP contribution in [0.2, 0.25) is 0 Å². The van der Waals surface area contributed by atoms with Gasteiger partial charge < -0.3 is 14.2 Å². The number of amides is 1. The van der Waals surface area contributed by atoms with Gasteiger partial charge in [0.2, 0.25) is 0 Å². The van der Waals surface area contributed by atoms with Crippen molar-refractivity contribution in [3.05, 3.63) is 59.7 Å². The van der Waals surface area contributed by atoms with Crippen LogP contribution in [0.3, 0.4) is 0 Å². The molecule has 1 aliphatic rings. The third-order valence-electron chi connectivity index (χ3n) is 5.32. The fraction of sp³-hybridized carbons (Fsp3) is 0.238. The van der Waals surface area contributed by atoms with Crippen molar-refractivity contribution in [3.8, 4) is 16.6 Å². The lowest BCUT2D eigenvalue weighted by molar-refractivity contribution is 0.0638. The Kier molecular flexibility index (Phi) is 4.47. The molecule has 0 saturated carbocycles. The van der Waals surface area contributed by atoms with Gasteiger partial charge in [-0.05, 0) is 49.4 Å². The van der Waals surface area contributed by atoms with Gasteiger partial charge in [0, 0.05) is 18.7 Å². The fourth-order valence-corrected chi connectivity index (χ4v) is 4.69. The average Bonchev–Trinajstić information content (AvgIpc) is 3.37. The Hall–Kier alpha value is -3.33. The molecule has 0 radical (unpaired) electrons. The Balaban J connectivity index is 1.46. The van der Waals surface area contributed by atoms with Crippen molar-refractivity contribution in [2.24, 2.45) is 0 Å². The molecule has 0 bridgehead atoms. The van der Waals surface area contributed by atoms with Crippen molar-refractivity contribution < 1.29 is 13.9 Å². The minimum Gasteiger partial charge on any atom is -0.497 e. The second-order valence-electron chi connectivity index (χ2n) is 7.07. The molecule has 0 aliphatic carbocycles. The van der Waals surface area contributed by atoms with Gasteiger partial charge in [-0.1, -0.05) is 0 Å². The molecular formula is C21H18FN5O2S. The number of carbonyl (C=O) groups is 1. The van der Waals surface area contributed by atoms with E-state index in [0.717, 1.165) is 21.0 Å². The van der Waals surface area contributed by atoms with Crippen LogP contribution in [0.4, 0.5) is 4.39 Å². The van der Waals surface area contributed by atoms with Crippen LogP contribution in [0.5, 0.6) is 5.75 Å². The minimum atomic E-state index is -0.365. The molecule has 3 heterocycles. The lowest BCUT2D eigenvalue weighted by Crippen LogP contribution is -2.41. The first-order chi connectivity index (χ1) is 14.5. The number of hydrogen-bond donors (Lipinski definition) is 0. The summed E-state index contributed by atoms with van der Waals surface area (Å²) in [5, 5.41) is 9.52. The topological polar surface area (TPSA) is 73.1 Å². The lowest BCUT2D eigenvalue weighted by Gasteiger charge is -2.33. The molecule has 9 heteroatoms. The van der Waals surface area contributed by atoms with Gasteiger partial charge in [0.25, 0.3) is 5.91 Å². The highest BCUT2D eigenvalue weighted by Gasteiger charge is 2.32. The van der Waals surface area contributed by atoms with E-state index in [9.17, 15) is 9.18 Å². The fourth-order valence-electron chi connectivity index (χ4n) is 3.71. The standard InChI is InChI=1S/C21H18FN5O2S/c1-12-18-24-25-19(20-23-16-8-7-15(29-2)11-17(16)30-20)27(18)10-9-26(12)21(28)13-3-5-14(22)6-4-13/h3-8,11-12H,9-10H2,1-2H3/t12-/m1/s1. The number of thiazole rings is 1. The summed E-state index contributed by atoms with van der Waals surface area (Å²) >= 11 is 1.53. The van der Waals surface area contributed by atoms with Gasteiger partial charge in [0.15, 0.2) is 16.7 Å². The molecular weight excluding hydrogens is 405 g/mol. The van der Waals surface area contributed by atoms with Crippen molar-refractivity contribution in [1.29, 1.82) is 0 Å². The highest BCUT2D eigenvalue weighted by atomic mass is 32.1. The van der Waals surface area contributed by atoms with E-state index in [-0.39, 0.29) is 17.8 Å². The number of ether oxygens (including phenoxy) is 1. The van der Waals surface area contributed by atoms with E-state index in [1.165, 1.54) is 35.6 Å². The normalized spacial score (nSPS) is 16.0. The minimum absolute atomic E-state index is 0.148. The van der Waals surface area contributed by atoms with Crippen LogP contribution in [-0.2, 0) is 6.54 Å². The Bertz CT molecular complexity index is 1250. The monoisotopic (exact) mass is 423 g/mol. The van der Waals surface area contributed by atoms with Crippen LogP contribution in [-0.4, -0.2) is 44.2 Å². The quantitative estimate of drug-likeness (QED) is 0.499. The summed E-state index contributed by atoms with van der Waals surface area (Å²) < 4.78 is 21.5. The number of benzene rings is 2. The summed E-state index contributed by atoms with van der Waals surface area (Å²) in [6.07, 6.45) is 0. The number of nitrogens with zero attached hydrogens (tertiary/aromatic N) is 5. The van der Waals surface area contributed by atoms with E-state index in [1.807, 2.05) is 29.7 Å². The molecule has 0 spiro atoms. The molecule has 152 valence electrons. The highest BCUT2D eigenvalue weighted by molar-refractivity contribution is 7.21. The molecule has 4 aromatic rings. The highest BCUT2D eigenvalue weighted by Crippen LogP contribution is 2.34. The molecule has 0 fully saturated rings. The van der Waals surface area contributed by atoms with Crippen LogP contribution in [0.1, 0.15) is 29.1 Å². The van der Waals surface area contributed by atoms with Gasteiger partial charge in [-0.2, -0.15) is 0 Å². The third-order valence-corrected chi connectivity index (χ3v) is 6.34. The first kappa shape index (κ1) is 18.7. The molecule has 7 nitrogen and oxygen atoms in total. The zero-order valence-corrected chi connectivity index (χ0v) is 17.2. The summed E-state index contributed by atoms with van der Waals surface area (Å²) in [7, 11) is 1.64. The Morgan fingerprint density at radius 3 is 2.73 bits per heavy atom. The first-order valence-electron chi connectivity index (χ1n) is 9.50. The summed E-state index contributed by atoms with van der Waals surface area (Å²) in [4.78, 5) is 19.3. The van der Waals surface area contributed by atoms with Crippen LogP contribution in [0.15, 0.2) is 42.5 Å². The Morgan fingerprint density at radius 1 is 1.17 bits per heavy atom. The number of halogens is 1. The van der Waals surface area contributed by atoms with E-state index in [4.69, 9.17) is 9.72 Å². The molecule has 30 heavy (non-hydrogen) atoms. The molecule has 0 N–H and O–H groups in total. The summed E-state index contributed by atoms with van der Waals surface area (Å²) in [5.41, 5.74) is 1.33. The number of fused-ring (bicyclic) bond motifs is 2. The van der Waals surface area contributed by atoms with Crippen LogP contribution in [0, 0.1) is 5.82 Å². The molecule has 2 aromatic carbocycles. The Labute approximate surface area is 175 Å². The van der Waals surface area contributed by atoms with Crippen LogP contribution >= 0.6 is 11.3 Å². The van der Waals surface area contributed by atoms with E-state index in [1.54, 1.807) is 12.0 Å². The van der Waals surface area contributed by atoms with E-state index >= 15 is 0 Å². The zero-order valence-electron chi connectivity index (χ0n) is 16.4. The SMILES string of the molecule is COc1ccc2nc(-c3nnc4n3CCN(C(=O)c3ccc(F)cc3)[C@@H]4C)sc2c1. The maximum atomic E-state index is 13.2. The van der Waals surface area contributed by atoms with Gasteiger partial charge in [0.05, 0.1) is 23.4 Å². The summed E-state index contributed by atoms with van der Waals surface area (Å²) in [6, 6.07) is 11.1. The smallest absolute Gasteiger partial charge is 0.254 e. The predicted octanol–water partition coefficient (Wildman–Crippen LogP) is 3.92. The maximum Gasteiger partial charge on any atom is 0.254 e. The zero-order chi connectivity index (χ0) is 20.8. The maximum absolute atomic E-state index is 13.2. The molecule has 0 saturated heterocycles. The van der Waals surface area contributed by atoms with Gasteiger partial charge >= 0.3 is 0 Å². The summed E-state index contributed by atoms with van der Waals surface area (Å²) in [6.45, 7) is 3.00. The molecule has 1 atom stereocenters. The number of carbonyl (C=O) groups excluding carboxylic acids is 1. The van der Waals surface area contributed by atoms with Gasteiger partial charge in [-0.3, -0.25) is 4.79 Å². The van der Waals surface area contributed by atoms with Crippen molar-refractivity contribution in [2.45, 2.75) is 19.5 Å². The number of methoxy groups -OCH3 is 1. The predicted molar refractivity (Wildman–Crippen MR) is 111 cm³/mol. The van der Waals surface area contributed by atoms with E-state index < -0.39 is 0 Å².